The van der Waals surface area contributed by atoms with E-state index in [1.165, 1.54) is 17.8 Å². The molecular weight excluding hydrogens is 404 g/mol. The predicted octanol–water partition coefficient (Wildman–Crippen LogP) is 1.65. The molecule has 3 N–H and O–H groups in total. The highest BCUT2D eigenvalue weighted by atomic mass is 32.2. The molecule has 0 aromatic heterocycles. The highest BCUT2D eigenvalue weighted by Crippen LogP contribution is 2.27. The molecule has 0 bridgehead atoms. The number of rotatable bonds is 8. The van der Waals surface area contributed by atoms with E-state index in [9.17, 15) is 14.4 Å². The molecule has 2 rings (SSSR count). The zero-order valence-electron chi connectivity index (χ0n) is 18.1. The van der Waals surface area contributed by atoms with Gasteiger partial charge in [0.1, 0.15) is 6.04 Å². The molecule has 1 aliphatic heterocycles. The standard InChI is InChI=1S/C21H34N4O4S/c1-21(2,3)10-9-16(27)22-17(15-7-5-4-6-8-15)18(28)19(29)23-24-20-25(11-13-26)12-14-30-20/h9-10,15,17,26H,4-8,11-14H2,1-3H3,(H,22,27)(H,23,29)/b10-9+,24-20?. The Labute approximate surface area is 182 Å². The average Bonchev–Trinajstić information content (AvgIpc) is 3.15. The second kappa shape index (κ2) is 11.5. The van der Waals surface area contributed by atoms with E-state index in [-0.39, 0.29) is 23.8 Å². The van der Waals surface area contributed by atoms with Gasteiger partial charge in [-0.3, -0.25) is 14.4 Å². The molecule has 9 heteroatoms. The Kier molecular flexibility index (Phi) is 9.36. The third-order valence-electron chi connectivity index (χ3n) is 5.15. The van der Waals surface area contributed by atoms with E-state index in [2.05, 4.69) is 15.8 Å². The van der Waals surface area contributed by atoms with Crippen LogP contribution in [0.3, 0.4) is 0 Å². The zero-order chi connectivity index (χ0) is 22.1. The van der Waals surface area contributed by atoms with Crippen LogP contribution < -0.4 is 10.7 Å². The van der Waals surface area contributed by atoms with Gasteiger partial charge in [0.25, 0.3) is 0 Å². The van der Waals surface area contributed by atoms with Crippen molar-refractivity contribution in [3.8, 4) is 0 Å². The van der Waals surface area contributed by atoms with Crippen molar-refractivity contribution in [2.45, 2.75) is 58.9 Å². The summed E-state index contributed by atoms with van der Waals surface area (Å²) in [5, 5.41) is 16.5. The number of hydrogen-bond donors (Lipinski definition) is 3. The van der Waals surface area contributed by atoms with Crippen LogP contribution in [0.5, 0.6) is 0 Å². The normalized spacial score (nSPS) is 20.5. The van der Waals surface area contributed by atoms with Crippen LogP contribution >= 0.6 is 11.8 Å². The Morgan fingerprint density at radius 1 is 1.27 bits per heavy atom. The number of nitrogens with zero attached hydrogens (tertiary/aromatic N) is 2. The Balaban J connectivity index is 2.06. The minimum absolute atomic E-state index is 0.00960. The number of ketones is 1. The molecule has 2 fully saturated rings. The second-order valence-electron chi connectivity index (χ2n) is 8.84. The number of hydrazone groups is 1. The largest absolute Gasteiger partial charge is 0.395 e. The van der Waals surface area contributed by atoms with Crippen molar-refractivity contribution in [1.82, 2.24) is 15.6 Å². The summed E-state index contributed by atoms with van der Waals surface area (Å²) < 4.78 is 0. The van der Waals surface area contributed by atoms with Crippen LogP contribution in [0.2, 0.25) is 0 Å². The van der Waals surface area contributed by atoms with E-state index < -0.39 is 17.7 Å². The molecule has 1 saturated heterocycles. The van der Waals surface area contributed by atoms with Gasteiger partial charge in [0.2, 0.25) is 11.7 Å². The first-order chi connectivity index (χ1) is 14.2. The van der Waals surface area contributed by atoms with Crippen LogP contribution in [0.1, 0.15) is 52.9 Å². The first-order valence-corrected chi connectivity index (χ1v) is 11.6. The summed E-state index contributed by atoms with van der Waals surface area (Å²) in [7, 11) is 0. The Morgan fingerprint density at radius 2 is 1.97 bits per heavy atom. The van der Waals surface area contributed by atoms with Gasteiger partial charge >= 0.3 is 5.91 Å². The summed E-state index contributed by atoms with van der Waals surface area (Å²) in [6, 6.07) is -0.854. The quantitative estimate of drug-likeness (QED) is 0.302. The maximum atomic E-state index is 12.9. The van der Waals surface area contributed by atoms with Crippen molar-refractivity contribution in [2.75, 3.05) is 25.4 Å². The van der Waals surface area contributed by atoms with Gasteiger partial charge in [-0.05, 0) is 30.3 Å². The molecule has 1 unspecified atom stereocenters. The van der Waals surface area contributed by atoms with Crippen LogP contribution in [0, 0.1) is 11.3 Å². The molecule has 8 nitrogen and oxygen atoms in total. The average molecular weight is 439 g/mol. The first-order valence-electron chi connectivity index (χ1n) is 10.6. The topological polar surface area (TPSA) is 111 Å². The van der Waals surface area contributed by atoms with Gasteiger partial charge in [-0.15, -0.1) is 5.10 Å². The summed E-state index contributed by atoms with van der Waals surface area (Å²) in [5.41, 5.74) is 2.19. The lowest BCUT2D eigenvalue weighted by Crippen LogP contribution is -2.51. The van der Waals surface area contributed by atoms with Crippen molar-refractivity contribution in [3.05, 3.63) is 12.2 Å². The smallest absolute Gasteiger partial charge is 0.309 e. The lowest BCUT2D eigenvalue weighted by molar-refractivity contribution is -0.140. The van der Waals surface area contributed by atoms with Gasteiger partial charge < -0.3 is 15.3 Å². The maximum Gasteiger partial charge on any atom is 0.309 e. The molecular formula is C21H34N4O4S. The van der Waals surface area contributed by atoms with Gasteiger partial charge in [0.15, 0.2) is 5.17 Å². The number of nitrogens with one attached hydrogen (secondary N) is 2. The number of hydrogen-bond acceptors (Lipinski definition) is 6. The number of Topliss-reactive ketones (excluding diaryl/α,β-unsaturated/α-hetero) is 1. The molecule has 1 heterocycles. The fourth-order valence-electron chi connectivity index (χ4n) is 3.55. The third-order valence-corrected chi connectivity index (χ3v) is 6.14. The molecule has 0 radical (unpaired) electrons. The summed E-state index contributed by atoms with van der Waals surface area (Å²) in [4.78, 5) is 39.7. The van der Waals surface area contributed by atoms with Crippen LogP contribution in [0.15, 0.2) is 17.3 Å². The fraction of sp³-hybridized carbons (Fsp3) is 0.714. The number of thioether (sulfide) groups is 1. The molecule has 0 aromatic carbocycles. The van der Waals surface area contributed by atoms with Gasteiger partial charge in [0, 0.05) is 18.8 Å². The highest BCUT2D eigenvalue weighted by molar-refractivity contribution is 8.14. The predicted molar refractivity (Wildman–Crippen MR) is 119 cm³/mol. The number of amidine groups is 1. The third kappa shape index (κ3) is 7.75. The van der Waals surface area contributed by atoms with E-state index in [4.69, 9.17) is 5.11 Å². The Bertz CT molecular complexity index is 681. The number of carbonyl (C=O) groups excluding carboxylic acids is 3. The Hall–Kier alpha value is -1.87. The van der Waals surface area contributed by atoms with E-state index in [0.717, 1.165) is 44.4 Å². The van der Waals surface area contributed by atoms with E-state index in [1.807, 2.05) is 25.7 Å². The van der Waals surface area contributed by atoms with E-state index in [0.29, 0.717) is 11.7 Å². The van der Waals surface area contributed by atoms with Gasteiger partial charge in [-0.2, -0.15) is 0 Å². The number of carbonyl (C=O) groups is 3. The second-order valence-corrected chi connectivity index (χ2v) is 9.90. The number of allylic oxidation sites excluding steroid dienone is 1. The molecule has 0 aromatic rings. The van der Waals surface area contributed by atoms with Gasteiger partial charge in [-0.1, -0.05) is 57.9 Å². The highest BCUT2D eigenvalue weighted by Gasteiger charge is 2.34. The number of amides is 2. The maximum absolute atomic E-state index is 12.9. The lowest BCUT2D eigenvalue weighted by Gasteiger charge is -2.29. The fourth-order valence-corrected chi connectivity index (χ4v) is 4.52. The molecule has 1 saturated carbocycles. The van der Waals surface area contributed by atoms with E-state index in [1.54, 1.807) is 6.08 Å². The number of aliphatic hydroxyl groups is 1. The van der Waals surface area contributed by atoms with Crippen molar-refractivity contribution in [2.24, 2.45) is 16.4 Å². The number of aliphatic hydroxyl groups excluding tert-OH is 1. The molecule has 168 valence electrons. The van der Waals surface area contributed by atoms with Crippen LogP contribution in [0.4, 0.5) is 0 Å². The number of β-amino-alcohol motifs (C(OH)–C–C–N with tert-alkyl or cyclic N) is 1. The first kappa shape index (κ1) is 24.4. The molecule has 2 aliphatic rings. The Morgan fingerprint density at radius 3 is 2.60 bits per heavy atom. The van der Waals surface area contributed by atoms with Crippen molar-refractivity contribution >= 4 is 34.5 Å². The zero-order valence-corrected chi connectivity index (χ0v) is 19.0. The lowest BCUT2D eigenvalue weighted by atomic mass is 9.82. The van der Waals surface area contributed by atoms with Gasteiger partial charge in [0.05, 0.1) is 6.61 Å². The molecule has 30 heavy (non-hydrogen) atoms. The van der Waals surface area contributed by atoms with Crippen molar-refractivity contribution in [3.63, 3.8) is 0 Å². The van der Waals surface area contributed by atoms with E-state index >= 15 is 0 Å². The van der Waals surface area contributed by atoms with Crippen LogP contribution in [-0.4, -0.2) is 64.3 Å². The van der Waals surface area contributed by atoms with Crippen LogP contribution in [0.25, 0.3) is 0 Å². The minimum atomic E-state index is -0.854. The summed E-state index contributed by atoms with van der Waals surface area (Å²) in [6.07, 6.45) is 7.90. The van der Waals surface area contributed by atoms with Gasteiger partial charge in [-0.25, -0.2) is 5.43 Å². The SMILES string of the molecule is CC(C)(C)/C=C/C(=O)NC(C(=O)C(=O)NN=C1SCCN1CCO)C1CCCCC1. The van der Waals surface area contributed by atoms with Crippen molar-refractivity contribution < 1.29 is 19.5 Å². The molecule has 2 amide bonds. The summed E-state index contributed by atoms with van der Waals surface area (Å²) in [6.45, 7) is 7.09. The van der Waals surface area contributed by atoms with Crippen LogP contribution in [-0.2, 0) is 14.4 Å². The molecule has 1 atom stereocenters. The minimum Gasteiger partial charge on any atom is -0.395 e. The monoisotopic (exact) mass is 438 g/mol. The molecule has 1 aliphatic carbocycles. The van der Waals surface area contributed by atoms with Crippen molar-refractivity contribution in [1.29, 1.82) is 0 Å². The molecule has 0 spiro atoms. The summed E-state index contributed by atoms with van der Waals surface area (Å²) in [5.74, 6) is -1.10. The summed E-state index contributed by atoms with van der Waals surface area (Å²) >= 11 is 1.46.